The van der Waals surface area contributed by atoms with Crippen molar-refractivity contribution < 1.29 is 9.13 Å². The molecule has 1 atom stereocenters. The van der Waals surface area contributed by atoms with Crippen LogP contribution in [0.15, 0.2) is 36.4 Å². The monoisotopic (exact) mass is 313 g/mol. The van der Waals surface area contributed by atoms with Crippen molar-refractivity contribution in [3.05, 3.63) is 57.8 Å². The molecule has 0 aliphatic rings. The predicted octanol–water partition coefficient (Wildman–Crippen LogP) is 5.21. The van der Waals surface area contributed by atoms with E-state index >= 15 is 0 Å². The van der Waals surface area contributed by atoms with Crippen LogP contribution in [0.25, 0.3) is 0 Å². The second kappa shape index (κ2) is 6.44. The van der Waals surface area contributed by atoms with Gasteiger partial charge in [-0.25, -0.2) is 4.39 Å². The molecular weight excluding hydrogens is 300 g/mol. The summed E-state index contributed by atoms with van der Waals surface area (Å²) in [5, 5.41) is 3.84. The van der Waals surface area contributed by atoms with Crippen molar-refractivity contribution in [3.8, 4) is 11.5 Å². The molecule has 0 saturated heterocycles. The maximum absolute atomic E-state index is 14.0. The van der Waals surface area contributed by atoms with E-state index in [9.17, 15) is 4.39 Å². The minimum absolute atomic E-state index is 0.172. The van der Waals surface area contributed by atoms with Crippen LogP contribution in [0.2, 0.25) is 10.0 Å². The third kappa shape index (κ3) is 3.23. The first-order valence-electron chi connectivity index (χ1n) is 6.11. The van der Waals surface area contributed by atoms with Gasteiger partial charge in [-0.15, -0.1) is 0 Å². The van der Waals surface area contributed by atoms with Crippen molar-refractivity contribution in [1.29, 1.82) is 0 Å². The lowest BCUT2D eigenvalue weighted by atomic mass is 10.1. The van der Waals surface area contributed by atoms with Crippen LogP contribution in [0.4, 0.5) is 4.39 Å². The van der Waals surface area contributed by atoms with E-state index in [1.165, 1.54) is 6.07 Å². The Hall–Kier alpha value is -1.29. The van der Waals surface area contributed by atoms with Crippen molar-refractivity contribution in [2.24, 2.45) is 0 Å². The largest absolute Gasteiger partial charge is 0.457 e. The number of hydrogen-bond donors (Lipinski definition) is 1. The van der Waals surface area contributed by atoms with Crippen LogP contribution in [0.5, 0.6) is 11.5 Å². The molecule has 0 spiro atoms. The highest BCUT2D eigenvalue weighted by atomic mass is 35.5. The Bertz CT molecular complexity index is 619. The molecule has 20 heavy (non-hydrogen) atoms. The fraction of sp³-hybridized carbons (Fsp3) is 0.200. The number of halogens is 3. The smallest absolute Gasteiger partial charge is 0.135 e. The highest BCUT2D eigenvalue weighted by molar-refractivity contribution is 6.42. The molecule has 0 bridgehead atoms. The van der Waals surface area contributed by atoms with Gasteiger partial charge in [0, 0.05) is 17.7 Å². The molecule has 2 aromatic rings. The fourth-order valence-electron chi connectivity index (χ4n) is 1.84. The highest BCUT2D eigenvalue weighted by Crippen LogP contribution is 2.34. The standard InChI is InChI=1S/C15H14Cl2FNO/c1-9(19-2)15-13(18)4-3-5-14(15)20-10-6-7-11(16)12(17)8-10/h3-9,19H,1-2H3. The van der Waals surface area contributed by atoms with E-state index < -0.39 is 0 Å². The lowest BCUT2D eigenvalue weighted by Crippen LogP contribution is -2.14. The van der Waals surface area contributed by atoms with E-state index in [1.54, 1.807) is 37.4 Å². The van der Waals surface area contributed by atoms with Gasteiger partial charge in [0.15, 0.2) is 0 Å². The van der Waals surface area contributed by atoms with Crippen LogP contribution in [-0.2, 0) is 0 Å². The first-order valence-corrected chi connectivity index (χ1v) is 6.87. The number of ether oxygens (including phenoxy) is 1. The second-order valence-electron chi connectivity index (χ2n) is 4.34. The van der Waals surface area contributed by atoms with Crippen LogP contribution >= 0.6 is 23.2 Å². The lowest BCUT2D eigenvalue weighted by molar-refractivity contribution is 0.452. The SMILES string of the molecule is CNC(C)c1c(F)cccc1Oc1ccc(Cl)c(Cl)c1. The van der Waals surface area contributed by atoms with Gasteiger partial charge < -0.3 is 10.1 Å². The van der Waals surface area contributed by atoms with E-state index in [0.29, 0.717) is 27.1 Å². The van der Waals surface area contributed by atoms with E-state index in [-0.39, 0.29) is 11.9 Å². The van der Waals surface area contributed by atoms with Gasteiger partial charge in [0.2, 0.25) is 0 Å². The van der Waals surface area contributed by atoms with Crippen LogP contribution in [0.1, 0.15) is 18.5 Å². The van der Waals surface area contributed by atoms with Crippen molar-refractivity contribution in [1.82, 2.24) is 5.32 Å². The van der Waals surface area contributed by atoms with Gasteiger partial charge in [-0.2, -0.15) is 0 Å². The summed E-state index contributed by atoms with van der Waals surface area (Å²) in [5.41, 5.74) is 0.473. The first kappa shape index (κ1) is 15.1. The lowest BCUT2D eigenvalue weighted by Gasteiger charge is -2.17. The summed E-state index contributed by atoms with van der Waals surface area (Å²) in [6.45, 7) is 1.86. The molecule has 0 heterocycles. The Morgan fingerprint density at radius 3 is 2.55 bits per heavy atom. The zero-order valence-electron chi connectivity index (χ0n) is 11.1. The Morgan fingerprint density at radius 2 is 1.90 bits per heavy atom. The molecule has 1 N–H and O–H groups in total. The maximum atomic E-state index is 14.0. The highest BCUT2D eigenvalue weighted by Gasteiger charge is 2.16. The van der Waals surface area contributed by atoms with Crippen LogP contribution in [0.3, 0.4) is 0 Å². The predicted molar refractivity (Wildman–Crippen MR) is 80.4 cm³/mol. The Morgan fingerprint density at radius 1 is 1.15 bits per heavy atom. The maximum Gasteiger partial charge on any atom is 0.135 e. The molecule has 1 unspecified atom stereocenters. The van der Waals surface area contributed by atoms with Crippen LogP contribution in [0, 0.1) is 5.82 Å². The molecule has 2 aromatic carbocycles. The third-order valence-corrected chi connectivity index (χ3v) is 3.74. The average Bonchev–Trinajstić information content (AvgIpc) is 2.42. The molecule has 2 rings (SSSR count). The van der Waals surface area contributed by atoms with Crippen LogP contribution < -0.4 is 10.1 Å². The number of benzene rings is 2. The van der Waals surface area contributed by atoms with Crippen LogP contribution in [-0.4, -0.2) is 7.05 Å². The molecule has 2 nitrogen and oxygen atoms in total. The van der Waals surface area contributed by atoms with Gasteiger partial charge in [0.1, 0.15) is 17.3 Å². The Kier molecular flexibility index (Phi) is 4.86. The van der Waals surface area contributed by atoms with Gasteiger partial charge in [-0.05, 0) is 38.2 Å². The molecule has 0 amide bonds. The topological polar surface area (TPSA) is 21.3 Å². The van der Waals surface area contributed by atoms with Crippen molar-refractivity contribution in [2.45, 2.75) is 13.0 Å². The zero-order chi connectivity index (χ0) is 14.7. The summed E-state index contributed by atoms with van der Waals surface area (Å²) in [6, 6.07) is 9.48. The van der Waals surface area contributed by atoms with Gasteiger partial charge in [0.05, 0.1) is 10.0 Å². The van der Waals surface area contributed by atoms with Gasteiger partial charge in [0.25, 0.3) is 0 Å². The summed E-state index contributed by atoms with van der Waals surface area (Å²) in [4.78, 5) is 0. The molecular formula is C15H14Cl2FNO. The van der Waals surface area contributed by atoms with Crippen molar-refractivity contribution >= 4 is 23.2 Å². The van der Waals surface area contributed by atoms with E-state index in [4.69, 9.17) is 27.9 Å². The van der Waals surface area contributed by atoms with Crippen molar-refractivity contribution in [2.75, 3.05) is 7.05 Å². The molecule has 0 aliphatic carbocycles. The normalized spacial score (nSPS) is 12.2. The van der Waals surface area contributed by atoms with E-state index in [0.717, 1.165) is 0 Å². The number of hydrogen-bond acceptors (Lipinski definition) is 2. The molecule has 106 valence electrons. The molecule has 0 radical (unpaired) electrons. The second-order valence-corrected chi connectivity index (χ2v) is 5.15. The van der Waals surface area contributed by atoms with Gasteiger partial charge >= 0.3 is 0 Å². The number of nitrogens with one attached hydrogen (secondary N) is 1. The molecule has 5 heteroatoms. The minimum Gasteiger partial charge on any atom is -0.457 e. The number of rotatable bonds is 4. The zero-order valence-corrected chi connectivity index (χ0v) is 12.6. The van der Waals surface area contributed by atoms with Gasteiger partial charge in [-0.3, -0.25) is 0 Å². The average molecular weight is 314 g/mol. The summed E-state index contributed by atoms with van der Waals surface area (Å²) >= 11 is 11.8. The summed E-state index contributed by atoms with van der Waals surface area (Å²) in [5.74, 6) is 0.643. The quantitative estimate of drug-likeness (QED) is 0.837. The Balaban J connectivity index is 2.38. The molecule has 0 aromatic heterocycles. The minimum atomic E-state index is -0.315. The summed E-state index contributed by atoms with van der Waals surface area (Å²) < 4.78 is 19.7. The first-order chi connectivity index (χ1) is 9.52. The molecule has 0 saturated carbocycles. The van der Waals surface area contributed by atoms with Gasteiger partial charge in [-0.1, -0.05) is 29.3 Å². The fourth-order valence-corrected chi connectivity index (χ4v) is 2.13. The molecule has 0 aliphatic heterocycles. The summed E-state index contributed by atoms with van der Waals surface area (Å²) in [7, 11) is 1.76. The Labute approximate surface area is 127 Å². The van der Waals surface area contributed by atoms with E-state index in [2.05, 4.69) is 5.32 Å². The van der Waals surface area contributed by atoms with E-state index in [1.807, 2.05) is 6.92 Å². The van der Waals surface area contributed by atoms with Crippen molar-refractivity contribution in [3.63, 3.8) is 0 Å². The summed E-state index contributed by atoms with van der Waals surface area (Å²) in [6.07, 6.45) is 0. The third-order valence-electron chi connectivity index (χ3n) is 3.00. The molecule has 0 fully saturated rings.